The smallest absolute Gasteiger partial charge is 0.266 e. The van der Waals surface area contributed by atoms with Gasteiger partial charge in [0.1, 0.15) is 96.3 Å². The number of aromatic nitrogens is 5. The molecular formula is C24H41B10N9O3. The molecule has 0 spiro atoms. The van der Waals surface area contributed by atoms with E-state index in [-0.39, 0.29) is 16.5 Å². The third kappa shape index (κ3) is 7.82. The topological polar surface area (TPSA) is 123 Å². The SMILES string of the molecule is BC(B)(B)OC(B)(B)C(B)(B)Oc1ccc(N2CCN(CCN(c3cc4nc(-c5ncco5)nn4c(N)n3)C(B)(B)B)CC2)cc1. The second-order valence-electron chi connectivity index (χ2n) is 15.0. The summed E-state index contributed by atoms with van der Waals surface area (Å²) in [7, 11) is 21.1. The molecule has 0 aliphatic carbocycles. The number of piperazine rings is 1. The summed E-state index contributed by atoms with van der Waals surface area (Å²) in [6.45, 7) is 5.55. The predicted molar refractivity (Wildman–Crippen MR) is 211 cm³/mol. The van der Waals surface area contributed by atoms with Crippen LogP contribution in [-0.2, 0) is 4.74 Å². The monoisotopic (exact) mass is 613 g/mol. The normalized spacial score (nSPS) is 15.3. The van der Waals surface area contributed by atoms with E-state index in [0.29, 0.717) is 17.4 Å². The fourth-order valence-electron chi connectivity index (χ4n) is 5.76. The van der Waals surface area contributed by atoms with E-state index in [9.17, 15) is 0 Å². The van der Waals surface area contributed by atoms with Gasteiger partial charge in [-0.25, -0.2) is 9.97 Å². The molecule has 46 heavy (non-hydrogen) atoms. The van der Waals surface area contributed by atoms with Crippen LogP contribution in [0, 0.1) is 0 Å². The van der Waals surface area contributed by atoms with Crippen LogP contribution in [0.3, 0.4) is 0 Å². The molecule has 1 aliphatic heterocycles. The first-order valence-electron chi connectivity index (χ1n) is 16.1. The highest BCUT2D eigenvalue weighted by molar-refractivity contribution is 6.61. The number of nitrogen functional groups attached to an aromatic ring is 1. The number of hydrogen-bond donors (Lipinski definition) is 1. The molecule has 1 aromatic carbocycles. The standard InChI is InChI=1S/C24H41B10N9O3/c25-21(26,22(27,28)46-24(32,33)34)45-15-3-1-14(2-4-15)41-9-6-40(7-10-41)8-11-42(23(29,30)31)16-13-17-37-18(19-36-5-12-44-19)39-43(17)20(35)38-16/h1-5,12-13H,6-11,25-34H2,(H2,35,38). The van der Waals surface area contributed by atoms with Crippen molar-refractivity contribution in [1.29, 1.82) is 0 Å². The highest BCUT2D eigenvalue weighted by Gasteiger charge is 2.41. The van der Waals surface area contributed by atoms with Gasteiger partial charge < -0.3 is 29.4 Å². The van der Waals surface area contributed by atoms with Gasteiger partial charge in [0, 0.05) is 56.4 Å². The van der Waals surface area contributed by atoms with Crippen molar-refractivity contribution in [3.63, 3.8) is 0 Å². The first-order valence-corrected chi connectivity index (χ1v) is 16.1. The Bertz CT molecular complexity index is 1620. The van der Waals surface area contributed by atoms with Gasteiger partial charge in [-0.15, -0.1) is 5.10 Å². The van der Waals surface area contributed by atoms with Gasteiger partial charge in [-0.3, -0.25) is 4.90 Å². The Hall–Kier alpha value is -3.25. The van der Waals surface area contributed by atoms with Gasteiger partial charge in [-0.2, -0.15) is 9.50 Å². The molecule has 3 aromatic heterocycles. The zero-order valence-electron chi connectivity index (χ0n) is 29.2. The average molecular weight is 612 g/mol. The predicted octanol–water partition coefficient (Wildman–Crippen LogP) is -8.75. The molecule has 0 bridgehead atoms. The summed E-state index contributed by atoms with van der Waals surface area (Å²) < 4.78 is 19.7. The van der Waals surface area contributed by atoms with Crippen LogP contribution in [0.1, 0.15) is 0 Å². The minimum atomic E-state index is -0.517. The lowest BCUT2D eigenvalue weighted by Gasteiger charge is -2.47. The molecule has 0 unspecified atom stereocenters. The van der Waals surface area contributed by atoms with E-state index in [0.717, 1.165) is 50.8 Å². The number of fused-ring (bicyclic) bond motifs is 1. The Morgan fingerprint density at radius 3 is 2.15 bits per heavy atom. The zero-order chi connectivity index (χ0) is 33.5. The molecule has 1 saturated heterocycles. The minimum absolute atomic E-state index is 0.183. The molecule has 22 heteroatoms. The van der Waals surface area contributed by atoms with Crippen molar-refractivity contribution in [2.75, 3.05) is 54.8 Å². The molecular weight excluding hydrogens is 570 g/mol. The first-order chi connectivity index (χ1) is 21.4. The number of nitrogens with zero attached hydrogens (tertiary/aromatic N) is 8. The van der Waals surface area contributed by atoms with Crippen LogP contribution in [0.25, 0.3) is 17.4 Å². The maximum Gasteiger partial charge on any atom is 0.266 e. The molecule has 230 valence electrons. The molecule has 5 rings (SSSR count). The third-order valence-corrected chi connectivity index (χ3v) is 8.64. The second-order valence-corrected chi connectivity index (χ2v) is 15.0. The molecule has 2 N–H and O–H groups in total. The zero-order valence-corrected chi connectivity index (χ0v) is 29.2. The fourth-order valence-corrected chi connectivity index (χ4v) is 5.76. The lowest BCUT2D eigenvalue weighted by Crippen LogP contribution is -2.65. The molecule has 0 amide bonds. The van der Waals surface area contributed by atoms with E-state index in [1.165, 1.54) is 16.5 Å². The van der Waals surface area contributed by atoms with Crippen LogP contribution >= 0.6 is 0 Å². The Labute approximate surface area is 280 Å². The molecule has 4 heterocycles. The number of ether oxygens (including phenoxy) is 2. The van der Waals surface area contributed by atoms with Crippen molar-refractivity contribution in [2.24, 2.45) is 0 Å². The van der Waals surface area contributed by atoms with Crippen LogP contribution in [0.2, 0.25) is 0 Å². The van der Waals surface area contributed by atoms with Crippen LogP contribution in [0.5, 0.6) is 5.75 Å². The summed E-state index contributed by atoms with van der Waals surface area (Å²) in [6, 6.07) is 10.4. The lowest BCUT2D eigenvalue weighted by atomic mass is 9.40. The average Bonchev–Trinajstić information content (AvgIpc) is 3.62. The lowest BCUT2D eigenvalue weighted by molar-refractivity contribution is 0.00241. The summed E-state index contributed by atoms with van der Waals surface area (Å²) in [5.74, 6) is 2.59. The number of hydrogen-bond acceptors (Lipinski definition) is 11. The van der Waals surface area contributed by atoms with Gasteiger partial charge in [0.05, 0.1) is 11.6 Å². The molecule has 0 saturated carbocycles. The highest BCUT2D eigenvalue weighted by Crippen LogP contribution is 2.28. The fraction of sp³-hybridized carbons (Fsp3) is 0.417. The van der Waals surface area contributed by atoms with E-state index in [1.807, 2.05) is 6.07 Å². The van der Waals surface area contributed by atoms with Crippen molar-refractivity contribution < 1.29 is 13.9 Å². The molecule has 1 aliphatic rings. The summed E-state index contributed by atoms with van der Waals surface area (Å²) in [5.41, 5.74) is 8.14. The molecule has 12 nitrogen and oxygen atoms in total. The Morgan fingerprint density at radius 1 is 0.891 bits per heavy atom. The van der Waals surface area contributed by atoms with E-state index in [1.54, 1.807) is 6.20 Å². The third-order valence-electron chi connectivity index (χ3n) is 8.64. The van der Waals surface area contributed by atoms with Crippen molar-refractivity contribution in [1.82, 2.24) is 29.5 Å². The van der Waals surface area contributed by atoms with Crippen LogP contribution in [-0.4, -0.2) is 169 Å². The number of benzene rings is 1. The van der Waals surface area contributed by atoms with Crippen molar-refractivity contribution in [3.05, 3.63) is 42.8 Å². The van der Waals surface area contributed by atoms with Crippen LogP contribution in [0.4, 0.5) is 17.5 Å². The largest absolute Gasteiger partial charge is 0.504 e. The van der Waals surface area contributed by atoms with E-state index < -0.39 is 10.8 Å². The number of rotatable bonds is 12. The summed E-state index contributed by atoms with van der Waals surface area (Å²) >= 11 is 0. The molecule has 0 radical (unpaired) electrons. The van der Waals surface area contributed by atoms with Crippen molar-refractivity contribution in [3.8, 4) is 17.5 Å². The number of oxazole rings is 1. The van der Waals surface area contributed by atoms with Crippen molar-refractivity contribution in [2.45, 2.75) is 21.3 Å². The Balaban J connectivity index is 1.18. The van der Waals surface area contributed by atoms with Crippen LogP contribution < -0.4 is 20.3 Å². The van der Waals surface area contributed by atoms with Gasteiger partial charge in [0.25, 0.3) is 5.89 Å². The Morgan fingerprint density at radius 2 is 1.57 bits per heavy atom. The number of nitrogens with two attached hydrogens (primary N) is 1. The highest BCUT2D eigenvalue weighted by atomic mass is 16.6. The van der Waals surface area contributed by atoms with E-state index in [4.69, 9.17) is 24.6 Å². The van der Waals surface area contributed by atoms with Gasteiger partial charge in [-0.05, 0) is 34.8 Å². The second kappa shape index (κ2) is 12.7. The van der Waals surface area contributed by atoms with E-state index in [2.05, 4.69) is 132 Å². The van der Waals surface area contributed by atoms with Gasteiger partial charge in [0.15, 0.2) is 5.65 Å². The van der Waals surface area contributed by atoms with Gasteiger partial charge >= 0.3 is 0 Å². The summed E-state index contributed by atoms with van der Waals surface area (Å²) in [5, 5.41) is 2.99. The Kier molecular flexibility index (Phi) is 9.45. The van der Waals surface area contributed by atoms with Crippen molar-refractivity contribution >= 4 is 102 Å². The summed E-state index contributed by atoms with van der Waals surface area (Å²) in [6.07, 6.45) is 3.06. The van der Waals surface area contributed by atoms with E-state index >= 15 is 0 Å². The molecule has 1 fully saturated rings. The maximum absolute atomic E-state index is 6.45. The summed E-state index contributed by atoms with van der Waals surface area (Å²) in [4.78, 5) is 20.7. The quantitative estimate of drug-likeness (QED) is 0.154. The molecule has 0 atom stereocenters. The minimum Gasteiger partial charge on any atom is -0.504 e. The van der Waals surface area contributed by atoms with Crippen LogP contribution in [0.15, 0.2) is 47.2 Å². The number of anilines is 3. The maximum atomic E-state index is 6.45. The molecule has 4 aromatic rings. The van der Waals surface area contributed by atoms with Gasteiger partial charge in [-0.1, -0.05) is 0 Å². The van der Waals surface area contributed by atoms with Gasteiger partial charge in [0.2, 0.25) is 11.8 Å². The first kappa shape index (κ1) is 34.1.